The summed E-state index contributed by atoms with van der Waals surface area (Å²) in [5.41, 5.74) is 1.84. The van der Waals surface area contributed by atoms with E-state index in [2.05, 4.69) is 31.0 Å². The van der Waals surface area contributed by atoms with E-state index in [9.17, 15) is 4.79 Å². The van der Waals surface area contributed by atoms with Crippen LogP contribution in [0.3, 0.4) is 0 Å². The third-order valence-electron chi connectivity index (χ3n) is 6.36. The maximum absolute atomic E-state index is 13.5. The first-order valence-electron chi connectivity index (χ1n) is 12.8. The number of nitrogens with one attached hydrogen (secondary N) is 1. The second kappa shape index (κ2) is 14.6. The van der Waals surface area contributed by atoms with E-state index in [1.54, 1.807) is 11.8 Å². The molecule has 0 saturated carbocycles. The van der Waals surface area contributed by atoms with E-state index in [4.69, 9.17) is 4.74 Å². The first-order valence-corrected chi connectivity index (χ1v) is 14.0. The number of rotatable bonds is 13. The number of anilines is 1. The molecule has 0 fully saturated rings. The highest BCUT2D eigenvalue weighted by Gasteiger charge is 2.21. The number of benzene rings is 3. The summed E-state index contributed by atoms with van der Waals surface area (Å²) in [6, 6.07) is 25.7. The summed E-state index contributed by atoms with van der Waals surface area (Å²) in [5.74, 6) is 1.56. The molecule has 2 amide bonds. The van der Waals surface area contributed by atoms with Crippen molar-refractivity contribution in [2.45, 2.75) is 51.1 Å². The largest absolute Gasteiger partial charge is 0.457 e. The molecular weight excluding hydrogens is 466 g/mol. The van der Waals surface area contributed by atoms with Crippen LogP contribution in [0.1, 0.15) is 39.2 Å². The van der Waals surface area contributed by atoms with Gasteiger partial charge >= 0.3 is 6.03 Å². The van der Waals surface area contributed by atoms with Crippen LogP contribution in [0.15, 0.2) is 83.8 Å². The zero-order valence-corrected chi connectivity index (χ0v) is 22.8. The molecule has 0 spiro atoms. The minimum absolute atomic E-state index is 0.0865. The van der Waals surface area contributed by atoms with Gasteiger partial charge in [0, 0.05) is 23.2 Å². The Hall–Kier alpha value is -2.96. The molecule has 0 aliphatic rings. The Morgan fingerprint density at radius 3 is 2.31 bits per heavy atom. The Bertz CT molecular complexity index is 1060. The van der Waals surface area contributed by atoms with Gasteiger partial charge in [-0.3, -0.25) is 0 Å². The summed E-state index contributed by atoms with van der Waals surface area (Å²) < 4.78 is 6.03. The van der Waals surface area contributed by atoms with Gasteiger partial charge in [0.15, 0.2) is 0 Å². The maximum Gasteiger partial charge on any atom is 0.322 e. The van der Waals surface area contributed by atoms with Crippen LogP contribution in [0, 0.1) is 0 Å². The van der Waals surface area contributed by atoms with E-state index in [1.807, 2.05) is 90.0 Å². The van der Waals surface area contributed by atoms with Gasteiger partial charge in [-0.25, -0.2) is 4.79 Å². The minimum atomic E-state index is -0.0865. The van der Waals surface area contributed by atoms with Crippen LogP contribution in [-0.2, 0) is 6.54 Å². The lowest BCUT2D eigenvalue weighted by Gasteiger charge is -2.30. The number of carbonyl (C=O) groups is 1. The fourth-order valence-electron chi connectivity index (χ4n) is 4.13. The van der Waals surface area contributed by atoms with Crippen molar-refractivity contribution in [1.82, 2.24) is 9.80 Å². The number of ether oxygens (including phenoxy) is 1. The highest BCUT2D eigenvalue weighted by Crippen LogP contribution is 2.24. The molecule has 3 aromatic carbocycles. The molecule has 3 rings (SSSR count). The number of carbonyl (C=O) groups excluding carboxylic acids is 1. The van der Waals surface area contributed by atoms with Crippen molar-refractivity contribution in [2.75, 3.05) is 31.2 Å². The lowest BCUT2D eigenvalue weighted by atomic mass is 10.1. The molecule has 192 valence electrons. The molecule has 0 saturated heterocycles. The monoisotopic (exact) mass is 505 g/mol. The normalized spacial score (nSPS) is 11.8. The average Bonchev–Trinajstić information content (AvgIpc) is 2.91. The predicted molar refractivity (Wildman–Crippen MR) is 152 cm³/mol. The van der Waals surface area contributed by atoms with Crippen molar-refractivity contribution in [3.8, 4) is 11.5 Å². The number of nitrogens with zero attached hydrogens (tertiary/aromatic N) is 2. The minimum Gasteiger partial charge on any atom is -0.457 e. The molecule has 1 atom stereocenters. The van der Waals surface area contributed by atoms with Gasteiger partial charge in [0.25, 0.3) is 0 Å². The fourth-order valence-corrected chi connectivity index (χ4v) is 4.54. The SMILES string of the molecule is CCN(CC)CCCC(C)N(Cc1cccc(Oc2ccccc2)c1)C(=O)Nc1ccc(SC)cc1. The molecule has 0 radical (unpaired) electrons. The highest BCUT2D eigenvalue weighted by molar-refractivity contribution is 7.98. The number of hydrogen-bond donors (Lipinski definition) is 1. The van der Waals surface area contributed by atoms with Gasteiger partial charge in [-0.2, -0.15) is 0 Å². The van der Waals surface area contributed by atoms with Crippen LogP contribution in [-0.4, -0.2) is 47.8 Å². The Morgan fingerprint density at radius 2 is 1.64 bits per heavy atom. The van der Waals surface area contributed by atoms with Gasteiger partial charge in [-0.05, 0) is 99.7 Å². The van der Waals surface area contributed by atoms with E-state index < -0.39 is 0 Å². The summed E-state index contributed by atoms with van der Waals surface area (Å²) in [6.45, 7) is 10.2. The van der Waals surface area contributed by atoms with E-state index in [-0.39, 0.29) is 12.1 Å². The van der Waals surface area contributed by atoms with Gasteiger partial charge in [0.2, 0.25) is 0 Å². The zero-order chi connectivity index (χ0) is 25.8. The van der Waals surface area contributed by atoms with Crippen molar-refractivity contribution >= 4 is 23.5 Å². The van der Waals surface area contributed by atoms with Crippen LogP contribution in [0.5, 0.6) is 11.5 Å². The standard InChI is InChI=1S/C30H39N3O2S/c1-5-32(6-2)21-11-12-24(3)33(30(34)31-26-17-19-29(36-4)20-18-26)23-25-13-10-16-28(22-25)35-27-14-8-7-9-15-27/h7-10,13-20,22,24H,5-6,11-12,21,23H2,1-4H3,(H,31,34). The van der Waals surface area contributed by atoms with E-state index in [0.717, 1.165) is 55.2 Å². The third kappa shape index (κ3) is 8.61. The molecule has 36 heavy (non-hydrogen) atoms. The quantitative estimate of drug-likeness (QED) is 0.241. The summed E-state index contributed by atoms with van der Waals surface area (Å²) in [4.78, 5) is 19.0. The molecule has 5 nitrogen and oxygen atoms in total. The lowest BCUT2D eigenvalue weighted by molar-refractivity contribution is 0.180. The lowest BCUT2D eigenvalue weighted by Crippen LogP contribution is -2.41. The van der Waals surface area contributed by atoms with Crippen LogP contribution in [0.4, 0.5) is 10.5 Å². The Morgan fingerprint density at radius 1 is 0.944 bits per heavy atom. The molecular formula is C30H39N3O2S. The third-order valence-corrected chi connectivity index (χ3v) is 7.10. The molecule has 6 heteroatoms. The summed E-state index contributed by atoms with van der Waals surface area (Å²) >= 11 is 1.69. The number of urea groups is 1. The Kier molecular flexibility index (Phi) is 11.2. The zero-order valence-electron chi connectivity index (χ0n) is 21.9. The number of amides is 2. The van der Waals surface area contributed by atoms with Gasteiger partial charge in [-0.15, -0.1) is 11.8 Å². The molecule has 3 aromatic rings. The van der Waals surface area contributed by atoms with Crippen molar-refractivity contribution in [3.05, 3.63) is 84.4 Å². The van der Waals surface area contributed by atoms with Crippen LogP contribution < -0.4 is 10.1 Å². The number of thioether (sulfide) groups is 1. The van der Waals surface area contributed by atoms with Gasteiger partial charge in [0.05, 0.1) is 0 Å². The second-order valence-electron chi connectivity index (χ2n) is 8.87. The molecule has 0 heterocycles. The van der Waals surface area contributed by atoms with Crippen LogP contribution in [0.2, 0.25) is 0 Å². The molecule has 0 aliphatic heterocycles. The summed E-state index contributed by atoms with van der Waals surface area (Å²) in [6.07, 6.45) is 4.03. The topological polar surface area (TPSA) is 44.8 Å². The molecule has 0 aliphatic carbocycles. The van der Waals surface area contributed by atoms with Crippen LogP contribution in [0.25, 0.3) is 0 Å². The van der Waals surface area contributed by atoms with Gasteiger partial charge in [0.1, 0.15) is 11.5 Å². The van der Waals surface area contributed by atoms with Crippen molar-refractivity contribution in [1.29, 1.82) is 0 Å². The van der Waals surface area contributed by atoms with Crippen molar-refractivity contribution < 1.29 is 9.53 Å². The number of hydrogen-bond acceptors (Lipinski definition) is 4. The van der Waals surface area contributed by atoms with Gasteiger partial charge in [-0.1, -0.05) is 44.2 Å². The van der Waals surface area contributed by atoms with E-state index in [1.165, 1.54) is 4.90 Å². The summed E-state index contributed by atoms with van der Waals surface area (Å²) in [5, 5.41) is 3.11. The second-order valence-corrected chi connectivity index (χ2v) is 9.75. The molecule has 0 aromatic heterocycles. The summed E-state index contributed by atoms with van der Waals surface area (Å²) in [7, 11) is 0. The highest BCUT2D eigenvalue weighted by atomic mass is 32.2. The Balaban J connectivity index is 1.73. The number of para-hydroxylation sites is 1. The smallest absolute Gasteiger partial charge is 0.322 e. The van der Waals surface area contributed by atoms with E-state index in [0.29, 0.717) is 6.54 Å². The first kappa shape index (κ1) is 27.6. The maximum atomic E-state index is 13.5. The van der Waals surface area contributed by atoms with Gasteiger partial charge < -0.3 is 19.9 Å². The first-order chi connectivity index (χ1) is 17.5. The van der Waals surface area contributed by atoms with Crippen molar-refractivity contribution in [2.24, 2.45) is 0 Å². The van der Waals surface area contributed by atoms with Crippen molar-refractivity contribution in [3.63, 3.8) is 0 Å². The molecule has 0 bridgehead atoms. The Labute approximate surface area is 220 Å². The van der Waals surface area contributed by atoms with E-state index >= 15 is 0 Å². The molecule has 1 N–H and O–H groups in total. The predicted octanol–water partition coefficient (Wildman–Crippen LogP) is 7.75. The van der Waals surface area contributed by atoms with Crippen LogP contribution >= 0.6 is 11.8 Å². The molecule has 1 unspecified atom stereocenters. The average molecular weight is 506 g/mol. The fraction of sp³-hybridized carbons (Fsp3) is 0.367.